The van der Waals surface area contributed by atoms with E-state index in [4.69, 9.17) is 9.15 Å². The van der Waals surface area contributed by atoms with Gasteiger partial charge in [-0.25, -0.2) is 0 Å². The van der Waals surface area contributed by atoms with Crippen LogP contribution in [-0.4, -0.2) is 29.3 Å². The largest absolute Gasteiger partial charge is 0.463 e. The smallest absolute Gasteiger partial charge is 0.284 e. The fourth-order valence-corrected chi connectivity index (χ4v) is 2.14. The zero-order valence-electron chi connectivity index (χ0n) is 11.6. The maximum absolute atomic E-state index is 12.1. The summed E-state index contributed by atoms with van der Waals surface area (Å²) < 4.78 is 36.4. The quantitative estimate of drug-likeness (QED) is 0.770. The van der Waals surface area contributed by atoms with Gasteiger partial charge in [0.25, 0.3) is 5.76 Å². The van der Waals surface area contributed by atoms with E-state index in [-0.39, 0.29) is 5.75 Å². The van der Waals surface area contributed by atoms with Crippen LogP contribution in [0.25, 0.3) is 0 Å². The van der Waals surface area contributed by atoms with Crippen molar-refractivity contribution in [2.45, 2.75) is 24.6 Å². The zero-order chi connectivity index (χ0) is 15.1. The van der Waals surface area contributed by atoms with Crippen LogP contribution in [0, 0.1) is 0 Å². The van der Waals surface area contributed by atoms with Crippen molar-refractivity contribution in [3.05, 3.63) is 36.0 Å². The Morgan fingerprint density at radius 2 is 2.24 bits per heavy atom. The molecule has 0 unspecified atom stereocenters. The van der Waals surface area contributed by atoms with E-state index in [0.29, 0.717) is 43.0 Å². The second kappa shape index (κ2) is 8.04. The predicted octanol–water partition coefficient (Wildman–Crippen LogP) is 3.19. The molecule has 0 fully saturated rings. The first-order valence-corrected chi connectivity index (χ1v) is 7.45. The fourth-order valence-electron chi connectivity index (χ4n) is 1.69. The van der Waals surface area contributed by atoms with Crippen LogP contribution in [0.4, 0.5) is 14.5 Å². The fraction of sp³-hybridized carbons (Fsp3) is 0.462. The molecule has 0 atom stereocenters. The summed E-state index contributed by atoms with van der Waals surface area (Å²) >= 11 is 0.550. The van der Waals surface area contributed by atoms with Gasteiger partial charge in [-0.1, -0.05) is 11.8 Å². The molecular formula is C13H17F2N3O2S. The summed E-state index contributed by atoms with van der Waals surface area (Å²) in [4.78, 5) is 0. The van der Waals surface area contributed by atoms with Crippen molar-refractivity contribution < 1.29 is 17.9 Å². The number of hydrogen-bond acceptors (Lipinski definition) is 5. The number of furan rings is 1. The summed E-state index contributed by atoms with van der Waals surface area (Å²) in [5.41, 5.74) is 0.867. The van der Waals surface area contributed by atoms with Crippen LogP contribution in [0.3, 0.4) is 0 Å². The standard InChI is InChI=1S/C13H17F2N3O2S/c1-19-5-4-18-8-10(6-17-18)16-7-11-2-3-12(20-11)9-21-13(14)15/h2-3,6,8,13,16H,4-5,7,9H2,1H3. The predicted molar refractivity (Wildman–Crippen MR) is 77.4 cm³/mol. The number of rotatable bonds is 9. The number of nitrogens with zero attached hydrogens (tertiary/aromatic N) is 2. The molecular weight excluding hydrogens is 300 g/mol. The maximum Gasteiger partial charge on any atom is 0.284 e. The molecule has 0 spiro atoms. The Labute approximate surface area is 125 Å². The third kappa shape index (κ3) is 5.39. The Morgan fingerprint density at radius 3 is 3.00 bits per heavy atom. The minimum atomic E-state index is -2.38. The van der Waals surface area contributed by atoms with Crippen LogP contribution in [-0.2, 0) is 23.6 Å². The van der Waals surface area contributed by atoms with Gasteiger partial charge in [0.05, 0.1) is 37.3 Å². The lowest BCUT2D eigenvalue weighted by Gasteiger charge is -2.01. The number of hydrogen-bond donors (Lipinski definition) is 1. The van der Waals surface area contributed by atoms with Crippen molar-refractivity contribution in [1.82, 2.24) is 9.78 Å². The van der Waals surface area contributed by atoms with E-state index in [0.717, 1.165) is 5.69 Å². The number of nitrogens with one attached hydrogen (secondary N) is 1. The van der Waals surface area contributed by atoms with Crippen LogP contribution in [0.15, 0.2) is 28.9 Å². The first kappa shape index (κ1) is 15.8. The van der Waals surface area contributed by atoms with Gasteiger partial charge in [-0.05, 0) is 12.1 Å². The first-order chi connectivity index (χ1) is 10.2. The van der Waals surface area contributed by atoms with Gasteiger partial charge in [0.2, 0.25) is 0 Å². The Morgan fingerprint density at radius 1 is 1.43 bits per heavy atom. The van der Waals surface area contributed by atoms with E-state index in [2.05, 4.69) is 10.4 Å². The molecule has 0 aliphatic carbocycles. The van der Waals surface area contributed by atoms with Crippen molar-refractivity contribution in [1.29, 1.82) is 0 Å². The first-order valence-electron chi connectivity index (χ1n) is 6.40. The van der Waals surface area contributed by atoms with Gasteiger partial charge >= 0.3 is 0 Å². The highest BCUT2D eigenvalue weighted by atomic mass is 32.2. The molecule has 0 aliphatic heterocycles. The third-order valence-corrected chi connectivity index (χ3v) is 3.40. The van der Waals surface area contributed by atoms with Gasteiger partial charge in [-0.2, -0.15) is 13.9 Å². The Kier molecular flexibility index (Phi) is 6.06. The molecule has 21 heavy (non-hydrogen) atoms. The molecule has 0 bridgehead atoms. The molecule has 0 saturated carbocycles. The van der Waals surface area contributed by atoms with Crippen molar-refractivity contribution in [3.63, 3.8) is 0 Å². The molecule has 0 aromatic carbocycles. The van der Waals surface area contributed by atoms with Crippen molar-refractivity contribution in [2.75, 3.05) is 19.0 Å². The zero-order valence-corrected chi connectivity index (χ0v) is 12.4. The Hall–Kier alpha value is -1.54. The van der Waals surface area contributed by atoms with Gasteiger partial charge in [-0.15, -0.1) is 0 Å². The van der Waals surface area contributed by atoms with E-state index in [9.17, 15) is 8.78 Å². The monoisotopic (exact) mass is 317 g/mol. The van der Waals surface area contributed by atoms with Gasteiger partial charge in [-0.3, -0.25) is 4.68 Å². The Bertz CT molecular complexity index is 545. The molecule has 2 heterocycles. The number of thioether (sulfide) groups is 1. The van der Waals surface area contributed by atoms with Crippen LogP contribution in [0.2, 0.25) is 0 Å². The summed E-state index contributed by atoms with van der Waals surface area (Å²) in [6.07, 6.45) is 3.58. The molecule has 0 radical (unpaired) electrons. The van der Waals surface area contributed by atoms with Gasteiger partial charge in [0.15, 0.2) is 0 Å². The minimum Gasteiger partial charge on any atom is -0.463 e. The summed E-state index contributed by atoms with van der Waals surface area (Å²) in [7, 11) is 1.64. The topological polar surface area (TPSA) is 52.2 Å². The van der Waals surface area contributed by atoms with Gasteiger partial charge in [0.1, 0.15) is 11.5 Å². The van der Waals surface area contributed by atoms with E-state index in [1.54, 1.807) is 30.1 Å². The molecule has 116 valence electrons. The van der Waals surface area contributed by atoms with E-state index < -0.39 is 5.76 Å². The molecule has 0 saturated heterocycles. The number of halogens is 2. The molecule has 5 nitrogen and oxygen atoms in total. The molecule has 0 amide bonds. The van der Waals surface area contributed by atoms with Gasteiger partial charge < -0.3 is 14.5 Å². The van der Waals surface area contributed by atoms with E-state index in [1.165, 1.54) is 0 Å². The number of ether oxygens (including phenoxy) is 1. The maximum atomic E-state index is 12.1. The third-order valence-electron chi connectivity index (χ3n) is 2.69. The van der Waals surface area contributed by atoms with Gasteiger partial charge in [0, 0.05) is 13.3 Å². The molecule has 2 aromatic heterocycles. The highest BCUT2D eigenvalue weighted by molar-refractivity contribution is 7.98. The summed E-state index contributed by atoms with van der Waals surface area (Å²) in [5, 5.41) is 7.34. The highest BCUT2D eigenvalue weighted by Crippen LogP contribution is 2.21. The number of aromatic nitrogens is 2. The lowest BCUT2D eigenvalue weighted by Crippen LogP contribution is -2.04. The normalized spacial score (nSPS) is 11.2. The molecule has 2 rings (SSSR count). The minimum absolute atomic E-state index is 0.173. The Balaban J connectivity index is 1.78. The number of anilines is 1. The van der Waals surface area contributed by atoms with Crippen LogP contribution in [0.1, 0.15) is 11.5 Å². The van der Waals surface area contributed by atoms with Crippen LogP contribution >= 0.6 is 11.8 Å². The van der Waals surface area contributed by atoms with Crippen LogP contribution in [0.5, 0.6) is 0 Å². The van der Waals surface area contributed by atoms with Crippen molar-refractivity contribution >= 4 is 17.4 Å². The molecule has 8 heteroatoms. The molecule has 1 N–H and O–H groups in total. The highest BCUT2D eigenvalue weighted by Gasteiger charge is 2.07. The number of alkyl halides is 2. The molecule has 0 aliphatic rings. The van der Waals surface area contributed by atoms with Crippen molar-refractivity contribution in [3.8, 4) is 0 Å². The average Bonchev–Trinajstić information content (AvgIpc) is 3.10. The van der Waals surface area contributed by atoms with Crippen molar-refractivity contribution in [2.24, 2.45) is 0 Å². The van der Waals surface area contributed by atoms with Crippen LogP contribution < -0.4 is 5.32 Å². The average molecular weight is 317 g/mol. The number of methoxy groups -OCH3 is 1. The lowest BCUT2D eigenvalue weighted by atomic mass is 10.4. The SMILES string of the molecule is COCCn1cc(NCc2ccc(CSC(F)F)o2)cn1. The summed E-state index contributed by atoms with van der Waals surface area (Å²) in [5.74, 6) is -0.959. The second-order valence-corrected chi connectivity index (χ2v) is 5.26. The lowest BCUT2D eigenvalue weighted by molar-refractivity contribution is 0.183. The second-order valence-electron chi connectivity index (χ2n) is 4.28. The summed E-state index contributed by atoms with van der Waals surface area (Å²) in [6, 6.07) is 3.50. The summed E-state index contributed by atoms with van der Waals surface area (Å²) in [6.45, 7) is 1.77. The van der Waals surface area contributed by atoms with E-state index in [1.807, 2.05) is 6.20 Å². The van der Waals surface area contributed by atoms with E-state index >= 15 is 0 Å². The molecule has 2 aromatic rings.